The lowest BCUT2D eigenvalue weighted by molar-refractivity contribution is 0.239. The van der Waals surface area contributed by atoms with Gasteiger partial charge in [-0.05, 0) is 32.0 Å². The number of likely N-dealkylation sites (tertiary alicyclic amines) is 1. The van der Waals surface area contributed by atoms with Crippen LogP contribution in [0.5, 0.6) is 0 Å². The highest BCUT2D eigenvalue weighted by Gasteiger charge is 2.37. The van der Waals surface area contributed by atoms with Gasteiger partial charge in [-0.3, -0.25) is 9.58 Å². The summed E-state index contributed by atoms with van der Waals surface area (Å²) in [5.41, 5.74) is 8.67. The zero-order valence-electron chi connectivity index (χ0n) is 13.0. The fourth-order valence-corrected chi connectivity index (χ4v) is 3.29. The Morgan fingerprint density at radius 3 is 2.63 bits per heavy atom. The Bertz CT molecular complexity index is 418. The molecule has 1 aliphatic rings. The summed E-state index contributed by atoms with van der Waals surface area (Å²) in [6.45, 7) is 11.9. The number of aromatic nitrogens is 2. The van der Waals surface area contributed by atoms with Crippen LogP contribution in [0.25, 0.3) is 0 Å². The van der Waals surface area contributed by atoms with Crippen molar-refractivity contribution in [2.75, 3.05) is 19.6 Å². The zero-order chi connectivity index (χ0) is 14.2. The monoisotopic (exact) mass is 264 g/mol. The van der Waals surface area contributed by atoms with E-state index in [0.717, 1.165) is 19.6 Å². The highest BCUT2D eigenvalue weighted by molar-refractivity contribution is 5.29. The van der Waals surface area contributed by atoms with Crippen LogP contribution in [0.15, 0.2) is 6.20 Å². The minimum atomic E-state index is 0.0811. The topological polar surface area (TPSA) is 47.1 Å². The van der Waals surface area contributed by atoms with E-state index in [2.05, 4.69) is 38.8 Å². The van der Waals surface area contributed by atoms with E-state index in [4.69, 9.17) is 10.8 Å². The van der Waals surface area contributed by atoms with Gasteiger partial charge in [-0.15, -0.1) is 0 Å². The molecule has 4 heteroatoms. The number of hydrogen-bond donors (Lipinski definition) is 1. The molecule has 2 unspecified atom stereocenters. The van der Waals surface area contributed by atoms with E-state index < -0.39 is 0 Å². The summed E-state index contributed by atoms with van der Waals surface area (Å²) in [5, 5.41) is 4.71. The predicted molar refractivity (Wildman–Crippen MR) is 79.1 cm³/mol. The van der Waals surface area contributed by atoms with Crippen molar-refractivity contribution in [3.63, 3.8) is 0 Å². The molecule has 1 aromatic rings. The first-order valence-electron chi connectivity index (χ1n) is 7.36. The largest absolute Gasteiger partial charge is 0.330 e. The first-order valence-corrected chi connectivity index (χ1v) is 7.36. The van der Waals surface area contributed by atoms with Crippen LogP contribution >= 0.6 is 0 Å². The number of rotatable bonds is 3. The van der Waals surface area contributed by atoms with Crippen molar-refractivity contribution in [2.45, 2.75) is 45.6 Å². The lowest BCUT2D eigenvalue weighted by atomic mass is 9.84. The molecule has 0 bridgehead atoms. The molecule has 1 saturated heterocycles. The van der Waals surface area contributed by atoms with Crippen LogP contribution in [0, 0.1) is 5.92 Å². The number of nitrogens with zero attached hydrogens (tertiary/aromatic N) is 3. The third-order valence-corrected chi connectivity index (χ3v) is 4.22. The second-order valence-electron chi connectivity index (χ2n) is 6.71. The lowest BCUT2D eigenvalue weighted by Gasteiger charge is -2.29. The van der Waals surface area contributed by atoms with Gasteiger partial charge in [0.25, 0.3) is 0 Å². The molecule has 2 rings (SSSR count). The third-order valence-electron chi connectivity index (χ3n) is 4.22. The van der Waals surface area contributed by atoms with Crippen molar-refractivity contribution in [1.29, 1.82) is 0 Å². The molecule has 2 heterocycles. The van der Waals surface area contributed by atoms with Crippen molar-refractivity contribution in [3.8, 4) is 0 Å². The summed E-state index contributed by atoms with van der Waals surface area (Å²) in [6.07, 6.45) is 3.40. The molecule has 4 nitrogen and oxygen atoms in total. The average molecular weight is 264 g/mol. The molecule has 1 aliphatic heterocycles. The number of aryl methyl sites for hydroxylation is 1. The highest BCUT2D eigenvalue weighted by Crippen LogP contribution is 2.40. The van der Waals surface area contributed by atoms with Gasteiger partial charge in [0.15, 0.2) is 0 Å². The van der Waals surface area contributed by atoms with Crippen molar-refractivity contribution in [3.05, 3.63) is 17.5 Å². The molecule has 0 saturated carbocycles. The molecule has 108 valence electrons. The van der Waals surface area contributed by atoms with Gasteiger partial charge in [0, 0.05) is 30.3 Å². The molecule has 0 aliphatic carbocycles. The maximum Gasteiger partial charge on any atom is 0.0725 e. The van der Waals surface area contributed by atoms with Crippen molar-refractivity contribution < 1.29 is 0 Å². The Morgan fingerprint density at radius 1 is 1.42 bits per heavy atom. The third kappa shape index (κ3) is 2.70. The Balaban J connectivity index is 2.44. The summed E-state index contributed by atoms with van der Waals surface area (Å²) < 4.78 is 1.95. The van der Waals surface area contributed by atoms with Gasteiger partial charge in [-0.1, -0.05) is 27.7 Å². The Labute approximate surface area is 117 Å². The van der Waals surface area contributed by atoms with Crippen molar-refractivity contribution >= 4 is 0 Å². The van der Waals surface area contributed by atoms with Crippen LogP contribution in [0.2, 0.25) is 0 Å². The Hall–Kier alpha value is -0.870. The summed E-state index contributed by atoms with van der Waals surface area (Å²) in [6, 6.07) is 0.443. The summed E-state index contributed by atoms with van der Waals surface area (Å²) in [5.74, 6) is 0.560. The maximum atomic E-state index is 5.99. The van der Waals surface area contributed by atoms with E-state index in [1.165, 1.54) is 17.7 Å². The fourth-order valence-electron chi connectivity index (χ4n) is 3.29. The van der Waals surface area contributed by atoms with Gasteiger partial charge in [-0.25, -0.2) is 0 Å². The van der Waals surface area contributed by atoms with Crippen LogP contribution in [0.4, 0.5) is 0 Å². The molecule has 19 heavy (non-hydrogen) atoms. The van der Waals surface area contributed by atoms with Crippen LogP contribution in [-0.4, -0.2) is 34.3 Å². The molecule has 1 fully saturated rings. The van der Waals surface area contributed by atoms with Crippen molar-refractivity contribution in [2.24, 2.45) is 18.7 Å². The molecule has 0 radical (unpaired) electrons. The zero-order valence-corrected chi connectivity index (χ0v) is 13.0. The van der Waals surface area contributed by atoms with Gasteiger partial charge in [0.1, 0.15) is 0 Å². The van der Waals surface area contributed by atoms with E-state index in [1.807, 2.05) is 11.7 Å². The smallest absolute Gasteiger partial charge is 0.0725 e. The molecular weight excluding hydrogens is 236 g/mol. The van der Waals surface area contributed by atoms with Gasteiger partial charge < -0.3 is 5.73 Å². The first-order chi connectivity index (χ1) is 8.88. The quantitative estimate of drug-likeness (QED) is 0.909. The minimum Gasteiger partial charge on any atom is -0.330 e. The van der Waals surface area contributed by atoms with E-state index in [9.17, 15) is 0 Å². The van der Waals surface area contributed by atoms with Crippen LogP contribution in [-0.2, 0) is 12.5 Å². The summed E-state index contributed by atoms with van der Waals surface area (Å²) in [4.78, 5) is 2.55. The minimum absolute atomic E-state index is 0.0811. The second-order valence-corrected chi connectivity index (χ2v) is 6.71. The van der Waals surface area contributed by atoms with Crippen LogP contribution in [0.1, 0.15) is 51.4 Å². The maximum absolute atomic E-state index is 5.99. The first kappa shape index (κ1) is 14.5. The van der Waals surface area contributed by atoms with E-state index in [-0.39, 0.29) is 5.41 Å². The van der Waals surface area contributed by atoms with Gasteiger partial charge >= 0.3 is 0 Å². The van der Waals surface area contributed by atoms with Gasteiger partial charge in [0.05, 0.1) is 5.69 Å². The standard InChI is InChI=1S/C15H28N4/c1-6-19-8-7-11(9-16)13(19)12-10-18(5)17-14(12)15(2,3)4/h10-11,13H,6-9,16H2,1-5H3. The van der Waals surface area contributed by atoms with Crippen LogP contribution in [0.3, 0.4) is 0 Å². The normalized spacial score (nSPS) is 25.2. The van der Waals surface area contributed by atoms with Gasteiger partial charge in [0.2, 0.25) is 0 Å². The molecule has 0 aromatic carbocycles. The molecule has 0 amide bonds. The average Bonchev–Trinajstić information content (AvgIpc) is 2.90. The lowest BCUT2D eigenvalue weighted by Crippen LogP contribution is -2.30. The second kappa shape index (κ2) is 5.25. The number of nitrogens with two attached hydrogens (primary N) is 1. The summed E-state index contributed by atoms with van der Waals surface area (Å²) >= 11 is 0. The van der Waals surface area contributed by atoms with E-state index in [1.54, 1.807) is 0 Å². The van der Waals surface area contributed by atoms with E-state index in [0.29, 0.717) is 12.0 Å². The Kier molecular flexibility index (Phi) is 4.02. The highest BCUT2D eigenvalue weighted by atomic mass is 15.3. The number of hydrogen-bond acceptors (Lipinski definition) is 3. The van der Waals surface area contributed by atoms with Crippen molar-refractivity contribution in [1.82, 2.24) is 14.7 Å². The summed E-state index contributed by atoms with van der Waals surface area (Å²) in [7, 11) is 2.02. The Morgan fingerprint density at radius 2 is 2.11 bits per heavy atom. The molecule has 1 aromatic heterocycles. The fraction of sp³-hybridized carbons (Fsp3) is 0.800. The van der Waals surface area contributed by atoms with Gasteiger partial charge in [-0.2, -0.15) is 5.10 Å². The molecule has 2 atom stereocenters. The molecule has 0 spiro atoms. The molecular formula is C15H28N4. The van der Waals surface area contributed by atoms with Crippen LogP contribution < -0.4 is 5.73 Å². The van der Waals surface area contributed by atoms with E-state index >= 15 is 0 Å². The molecule has 2 N–H and O–H groups in total. The predicted octanol–water partition coefficient (Wildman–Crippen LogP) is 2.06. The SMILES string of the molecule is CCN1CCC(CN)C1c1cn(C)nc1C(C)(C)C.